The van der Waals surface area contributed by atoms with E-state index in [1.807, 2.05) is 12.1 Å². The fourth-order valence-corrected chi connectivity index (χ4v) is 4.34. The van der Waals surface area contributed by atoms with Crippen molar-refractivity contribution in [3.63, 3.8) is 0 Å². The number of methoxy groups -OCH3 is 1. The summed E-state index contributed by atoms with van der Waals surface area (Å²) in [7, 11) is 1.37. The molecule has 2 aromatic rings. The molecule has 0 saturated carbocycles. The molecule has 1 aromatic carbocycles. The number of ether oxygens (including phenoxy) is 3. The van der Waals surface area contributed by atoms with Gasteiger partial charge in [0.15, 0.2) is 11.6 Å². The van der Waals surface area contributed by atoms with Crippen molar-refractivity contribution in [3.8, 4) is 5.75 Å². The van der Waals surface area contributed by atoms with Gasteiger partial charge in [0.2, 0.25) is 5.91 Å². The van der Waals surface area contributed by atoms with Gasteiger partial charge in [-0.15, -0.1) is 0 Å². The summed E-state index contributed by atoms with van der Waals surface area (Å²) in [6, 6.07) is 7.81. The molecule has 1 aromatic heterocycles. The van der Waals surface area contributed by atoms with Crippen molar-refractivity contribution in [3.05, 3.63) is 59.7 Å². The van der Waals surface area contributed by atoms with Gasteiger partial charge in [0.25, 0.3) is 5.91 Å². The van der Waals surface area contributed by atoms with Crippen LogP contribution < -0.4 is 4.74 Å². The Kier molecular flexibility index (Phi) is 8.08. The fraction of sp³-hybridized carbons (Fsp3) is 0.480. The van der Waals surface area contributed by atoms with Crippen molar-refractivity contribution in [2.45, 2.75) is 25.6 Å². The number of amides is 2. The number of halogens is 1. The lowest BCUT2D eigenvalue weighted by atomic mass is 9.99. The molecular formula is C25H30FN3O5. The molecule has 34 heavy (non-hydrogen) atoms. The first-order valence-electron chi connectivity index (χ1n) is 11.5. The van der Waals surface area contributed by atoms with Gasteiger partial charge in [0.1, 0.15) is 6.54 Å². The molecule has 1 unspecified atom stereocenters. The van der Waals surface area contributed by atoms with Crippen molar-refractivity contribution < 1.29 is 28.2 Å². The van der Waals surface area contributed by atoms with E-state index in [9.17, 15) is 14.0 Å². The summed E-state index contributed by atoms with van der Waals surface area (Å²) in [5.41, 5.74) is 1.07. The summed E-state index contributed by atoms with van der Waals surface area (Å²) in [5.74, 6) is -0.766. The summed E-state index contributed by atoms with van der Waals surface area (Å²) < 4.78 is 30.8. The lowest BCUT2D eigenvalue weighted by molar-refractivity contribution is -0.132. The molecule has 3 heterocycles. The summed E-state index contributed by atoms with van der Waals surface area (Å²) in [6.45, 7) is 2.84. The van der Waals surface area contributed by atoms with Crippen LogP contribution in [0.4, 0.5) is 4.39 Å². The predicted octanol–water partition coefficient (Wildman–Crippen LogP) is 2.53. The van der Waals surface area contributed by atoms with Gasteiger partial charge in [-0.3, -0.25) is 14.6 Å². The van der Waals surface area contributed by atoms with E-state index in [2.05, 4.69) is 4.98 Å². The number of rotatable bonds is 7. The fourth-order valence-electron chi connectivity index (χ4n) is 4.34. The average molecular weight is 472 g/mol. The topological polar surface area (TPSA) is 81.2 Å². The Balaban J connectivity index is 1.51. The van der Waals surface area contributed by atoms with Crippen molar-refractivity contribution in [1.82, 2.24) is 14.8 Å². The number of hydrogen-bond acceptors (Lipinski definition) is 6. The minimum atomic E-state index is -0.625. The Morgan fingerprint density at radius 2 is 2.06 bits per heavy atom. The number of carbonyl (C=O) groups is 2. The molecule has 2 aliphatic heterocycles. The van der Waals surface area contributed by atoms with Crippen molar-refractivity contribution in [2.75, 3.05) is 46.5 Å². The van der Waals surface area contributed by atoms with E-state index in [4.69, 9.17) is 14.2 Å². The number of hydrogen-bond donors (Lipinski definition) is 0. The van der Waals surface area contributed by atoms with Gasteiger partial charge < -0.3 is 24.0 Å². The van der Waals surface area contributed by atoms with Gasteiger partial charge in [-0.2, -0.15) is 0 Å². The Morgan fingerprint density at radius 1 is 1.24 bits per heavy atom. The average Bonchev–Trinajstić information content (AvgIpc) is 3.02. The molecule has 1 atom stereocenters. The minimum Gasteiger partial charge on any atom is -0.494 e. The van der Waals surface area contributed by atoms with E-state index >= 15 is 0 Å². The van der Waals surface area contributed by atoms with Gasteiger partial charge in [0.05, 0.1) is 19.8 Å². The lowest BCUT2D eigenvalue weighted by Gasteiger charge is -2.30. The second-order valence-corrected chi connectivity index (χ2v) is 8.68. The van der Waals surface area contributed by atoms with Crippen molar-refractivity contribution >= 4 is 11.8 Å². The molecule has 0 aliphatic carbocycles. The molecule has 2 saturated heterocycles. The Bertz CT molecular complexity index is 984. The normalized spacial score (nSPS) is 19.7. The molecule has 0 N–H and O–H groups in total. The van der Waals surface area contributed by atoms with Crippen LogP contribution in [0, 0.1) is 11.7 Å². The smallest absolute Gasteiger partial charge is 0.254 e. The minimum absolute atomic E-state index is 0.0591. The van der Waals surface area contributed by atoms with Crippen LogP contribution in [-0.4, -0.2) is 79.2 Å². The van der Waals surface area contributed by atoms with E-state index in [0.29, 0.717) is 38.8 Å². The zero-order chi connectivity index (χ0) is 23.9. The molecule has 2 aliphatic rings. The molecule has 9 heteroatoms. The quantitative estimate of drug-likeness (QED) is 0.617. The van der Waals surface area contributed by atoms with E-state index in [-0.39, 0.29) is 30.3 Å². The third-order valence-corrected chi connectivity index (χ3v) is 6.24. The summed E-state index contributed by atoms with van der Waals surface area (Å²) in [6.07, 6.45) is 4.83. The Labute approximate surface area is 198 Å². The number of pyridine rings is 1. The first-order valence-corrected chi connectivity index (χ1v) is 11.5. The van der Waals surface area contributed by atoms with Crippen LogP contribution >= 0.6 is 0 Å². The highest BCUT2D eigenvalue weighted by molar-refractivity contribution is 5.97. The van der Waals surface area contributed by atoms with Gasteiger partial charge in [-0.25, -0.2) is 4.39 Å². The molecular weight excluding hydrogens is 441 g/mol. The molecule has 8 nitrogen and oxygen atoms in total. The third kappa shape index (κ3) is 6.09. The molecule has 0 radical (unpaired) electrons. The third-order valence-electron chi connectivity index (χ3n) is 6.24. The Hall–Kier alpha value is -3.04. The first kappa shape index (κ1) is 24.1. The van der Waals surface area contributed by atoms with Gasteiger partial charge in [0, 0.05) is 50.8 Å². The molecule has 2 fully saturated rings. The van der Waals surface area contributed by atoms with Gasteiger partial charge >= 0.3 is 0 Å². The number of benzene rings is 1. The zero-order valence-corrected chi connectivity index (χ0v) is 19.3. The van der Waals surface area contributed by atoms with E-state index in [0.717, 1.165) is 24.5 Å². The number of nitrogens with zero attached hydrogens (tertiary/aromatic N) is 3. The van der Waals surface area contributed by atoms with E-state index < -0.39 is 17.8 Å². The van der Waals surface area contributed by atoms with Crippen LogP contribution in [0.2, 0.25) is 0 Å². The maximum atomic E-state index is 14.2. The molecule has 0 spiro atoms. The second-order valence-electron chi connectivity index (χ2n) is 8.68. The summed E-state index contributed by atoms with van der Waals surface area (Å²) >= 11 is 0. The molecule has 2 amide bonds. The van der Waals surface area contributed by atoms with Crippen LogP contribution in [0.25, 0.3) is 0 Å². The van der Waals surface area contributed by atoms with Crippen LogP contribution in [-0.2, 0) is 20.9 Å². The number of aromatic nitrogens is 1. The first-order chi connectivity index (χ1) is 16.5. The van der Waals surface area contributed by atoms with Crippen LogP contribution in [0.15, 0.2) is 42.7 Å². The highest BCUT2D eigenvalue weighted by Gasteiger charge is 2.33. The van der Waals surface area contributed by atoms with Crippen molar-refractivity contribution in [1.29, 1.82) is 0 Å². The zero-order valence-electron chi connectivity index (χ0n) is 19.3. The second kappa shape index (κ2) is 11.4. The standard InChI is InChI=1S/C25H30FN3O5/c1-32-23-5-4-20(11-22(23)26)25(31)29-15-21(34-17-19-3-2-8-27-12-19)14-28(24(30)16-29)13-18-6-9-33-10-7-18/h2-5,8,11-12,18,21H,6-7,9-10,13-17H2,1H3. The molecule has 182 valence electrons. The van der Waals surface area contributed by atoms with Crippen LogP contribution in [0.1, 0.15) is 28.8 Å². The summed E-state index contributed by atoms with van der Waals surface area (Å²) in [4.78, 5) is 33.7. The van der Waals surface area contributed by atoms with Crippen molar-refractivity contribution in [2.24, 2.45) is 5.92 Å². The van der Waals surface area contributed by atoms with Crippen LogP contribution in [0.3, 0.4) is 0 Å². The van der Waals surface area contributed by atoms with Gasteiger partial charge in [-0.1, -0.05) is 6.07 Å². The molecule has 4 rings (SSSR count). The maximum absolute atomic E-state index is 14.2. The highest BCUT2D eigenvalue weighted by atomic mass is 19.1. The number of carbonyl (C=O) groups excluding carboxylic acids is 2. The SMILES string of the molecule is COc1ccc(C(=O)N2CC(=O)N(CC3CCOCC3)CC(OCc3cccnc3)C2)cc1F. The van der Waals surface area contributed by atoms with Gasteiger partial charge in [-0.05, 0) is 48.6 Å². The molecule has 0 bridgehead atoms. The Morgan fingerprint density at radius 3 is 2.76 bits per heavy atom. The van der Waals surface area contributed by atoms with E-state index in [1.165, 1.54) is 24.1 Å². The van der Waals surface area contributed by atoms with E-state index in [1.54, 1.807) is 17.3 Å². The maximum Gasteiger partial charge on any atom is 0.254 e. The monoisotopic (exact) mass is 471 g/mol. The van der Waals surface area contributed by atoms with Crippen LogP contribution in [0.5, 0.6) is 5.75 Å². The highest BCUT2D eigenvalue weighted by Crippen LogP contribution is 2.22. The lowest BCUT2D eigenvalue weighted by Crippen LogP contribution is -2.42. The summed E-state index contributed by atoms with van der Waals surface area (Å²) in [5, 5.41) is 0. The predicted molar refractivity (Wildman–Crippen MR) is 122 cm³/mol. The largest absolute Gasteiger partial charge is 0.494 e.